The highest BCUT2D eigenvalue weighted by Crippen LogP contribution is 2.29. The second-order valence-electron chi connectivity index (χ2n) is 6.71. The van der Waals surface area contributed by atoms with Gasteiger partial charge in [-0.2, -0.15) is 0 Å². The van der Waals surface area contributed by atoms with Crippen LogP contribution in [0.4, 0.5) is 11.5 Å². The molecule has 0 spiro atoms. The van der Waals surface area contributed by atoms with Gasteiger partial charge >= 0.3 is 0 Å². The zero-order chi connectivity index (χ0) is 18.9. The normalized spacial score (nSPS) is 14.0. The van der Waals surface area contributed by atoms with Crippen molar-refractivity contribution in [2.45, 2.75) is 24.3 Å². The van der Waals surface area contributed by atoms with E-state index < -0.39 is 10.0 Å². The number of hydrogen-bond donors (Lipinski definition) is 1. The SMILES string of the molecule is CN1CCCc2ccc(S(=O)(=O)Nc3cn(Cc4ccccc4)nn3)cc21. The zero-order valence-corrected chi connectivity index (χ0v) is 15.9. The van der Waals surface area contributed by atoms with Gasteiger partial charge in [0.2, 0.25) is 0 Å². The summed E-state index contributed by atoms with van der Waals surface area (Å²) in [6, 6.07) is 15.1. The molecule has 0 unspecified atom stereocenters. The van der Waals surface area contributed by atoms with Crippen molar-refractivity contribution in [1.29, 1.82) is 0 Å². The summed E-state index contributed by atoms with van der Waals surface area (Å²) in [5.41, 5.74) is 3.21. The number of nitrogens with zero attached hydrogens (tertiary/aromatic N) is 4. The zero-order valence-electron chi connectivity index (χ0n) is 15.0. The fourth-order valence-corrected chi connectivity index (χ4v) is 4.29. The van der Waals surface area contributed by atoms with Gasteiger partial charge in [-0.25, -0.2) is 13.1 Å². The lowest BCUT2D eigenvalue weighted by molar-refractivity contribution is 0.600. The molecule has 0 atom stereocenters. The van der Waals surface area contributed by atoms with Gasteiger partial charge in [0.25, 0.3) is 10.0 Å². The fourth-order valence-electron chi connectivity index (χ4n) is 3.29. The predicted octanol–water partition coefficient (Wildman–Crippen LogP) is 2.51. The first-order valence-electron chi connectivity index (χ1n) is 8.82. The molecule has 27 heavy (non-hydrogen) atoms. The minimum atomic E-state index is -3.72. The first-order chi connectivity index (χ1) is 13.0. The number of aryl methyl sites for hydroxylation is 1. The summed E-state index contributed by atoms with van der Waals surface area (Å²) in [4.78, 5) is 2.32. The Bertz CT molecular complexity index is 1050. The number of aromatic nitrogens is 3. The second-order valence-corrected chi connectivity index (χ2v) is 8.39. The van der Waals surface area contributed by atoms with Gasteiger partial charge in [0, 0.05) is 19.3 Å². The maximum atomic E-state index is 12.8. The molecule has 140 valence electrons. The molecule has 0 aliphatic carbocycles. The van der Waals surface area contributed by atoms with Gasteiger partial charge in [0.1, 0.15) is 0 Å². The van der Waals surface area contributed by atoms with Crippen molar-refractivity contribution in [2.75, 3.05) is 23.2 Å². The first-order valence-corrected chi connectivity index (χ1v) is 10.3. The van der Waals surface area contributed by atoms with E-state index in [2.05, 4.69) is 19.9 Å². The summed E-state index contributed by atoms with van der Waals surface area (Å²) in [5.74, 6) is 0.206. The molecule has 0 radical (unpaired) electrons. The summed E-state index contributed by atoms with van der Waals surface area (Å²) >= 11 is 0. The van der Waals surface area contributed by atoms with E-state index >= 15 is 0 Å². The molecule has 2 aromatic carbocycles. The third-order valence-electron chi connectivity index (χ3n) is 4.68. The molecule has 7 nitrogen and oxygen atoms in total. The lowest BCUT2D eigenvalue weighted by Gasteiger charge is -2.27. The van der Waals surface area contributed by atoms with E-state index in [1.54, 1.807) is 23.0 Å². The van der Waals surface area contributed by atoms with Crippen molar-refractivity contribution < 1.29 is 8.42 Å². The predicted molar refractivity (Wildman–Crippen MR) is 104 cm³/mol. The van der Waals surface area contributed by atoms with Crippen LogP contribution in [0.3, 0.4) is 0 Å². The van der Waals surface area contributed by atoms with E-state index in [9.17, 15) is 8.42 Å². The molecule has 0 amide bonds. The molecule has 3 aromatic rings. The Hall–Kier alpha value is -2.87. The Balaban J connectivity index is 1.53. The first kappa shape index (κ1) is 17.5. The smallest absolute Gasteiger partial charge is 0.263 e. The summed E-state index contributed by atoms with van der Waals surface area (Å²) in [5, 5.41) is 7.94. The highest BCUT2D eigenvalue weighted by atomic mass is 32.2. The molecule has 8 heteroatoms. The maximum absolute atomic E-state index is 12.8. The van der Waals surface area contributed by atoms with Crippen molar-refractivity contribution >= 4 is 21.5 Å². The quantitative estimate of drug-likeness (QED) is 0.732. The van der Waals surface area contributed by atoms with Crippen molar-refractivity contribution in [1.82, 2.24) is 15.0 Å². The van der Waals surface area contributed by atoms with Crippen molar-refractivity contribution in [2.24, 2.45) is 0 Å². The monoisotopic (exact) mass is 383 g/mol. The fraction of sp³-hybridized carbons (Fsp3) is 0.263. The van der Waals surface area contributed by atoms with Gasteiger partial charge in [-0.15, -0.1) is 5.10 Å². The molecule has 4 rings (SSSR count). The van der Waals surface area contributed by atoms with Gasteiger partial charge in [-0.1, -0.05) is 41.6 Å². The standard InChI is InChI=1S/C19H21N5O2S/c1-23-11-5-8-16-9-10-17(12-18(16)23)27(25,26)21-19-14-24(22-20-19)13-15-6-3-2-4-7-15/h2-4,6-7,9-10,12,14,21H,5,8,11,13H2,1H3. The lowest BCUT2D eigenvalue weighted by Crippen LogP contribution is -2.25. The largest absolute Gasteiger partial charge is 0.374 e. The van der Waals surface area contributed by atoms with Gasteiger partial charge in [0.15, 0.2) is 5.82 Å². The van der Waals surface area contributed by atoms with Crippen LogP contribution < -0.4 is 9.62 Å². The Labute approximate surface area is 158 Å². The Kier molecular flexibility index (Phi) is 4.57. The van der Waals surface area contributed by atoms with E-state index in [4.69, 9.17) is 0 Å². The average Bonchev–Trinajstić information content (AvgIpc) is 3.08. The molecular weight excluding hydrogens is 362 g/mol. The van der Waals surface area contributed by atoms with E-state index in [-0.39, 0.29) is 10.7 Å². The number of benzene rings is 2. The summed E-state index contributed by atoms with van der Waals surface area (Å²) < 4.78 is 29.6. The van der Waals surface area contributed by atoms with E-state index in [1.807, 2.05) is 43.4 Å². The number of nitrogens with one attached hydrogen (secondary N) is 1. The second kappa shape index (κ2) is 7.03. The van der Waals surface area contributed by atoms with E-state index in [0.29, 0.717) is 6.54 Å². The topological polar surface area (TPSA) is 80.1 Å². The van der Waals surface area contributed by atoms with Crippen LogP contribution in [0.25, 0.3) is 0 Å². The van der Waals surface area contributed by atoms with Crippen LogP contribution in [0.15, 0.2) is 59.6 Å². The average molecular weight is 383 g/mol. The van der Waals surface area contributed by atoms with Crippen molar-refractivity contribution in [3.8, 4) is 0 Å². The molecule has 1 aliphatic rings. The molecule has 1 aromatic heterocycles. The molecule has 0 saturated carbocycles. The van der Waals surface area contributed by atoms with Crippen molar-refractivity contribution in [3.63, 3.8) is 0 Å². The summed E-state index contributed by atoms with van der Waals surface area (Å²) in [7, 11) is -1.74. The summed E-state index contributed by atoms with van der Waals surface area (Å²) in [6.07, 6.45) is 3.65. The Morgan fingerprint density at radius 3 is 2.78 bits per heavy atom. The van der Waals surface area contributed by atoms with Crippen LogP contribution in [-0.2, 0) is 23.0 Å². The molecule has 1 aliphatic heterocycles. The number of sulfonamides is 1. The number of hydrogen-bond acceptors (Lipinski definition) is 5. The van der Waals surface area contributed by atoms with Gasteiger partial charge in [-0.05, 0) is 36.1 Å². The number of anilines is 2. The summed E-state index contributed by atoms with van der Waals surface area (Å²) in [6.45, 7) is 1.46. The van der Waals surface area contributed by atoms with Crippen LogP contribution in [-0.4, -0.2) is 37.0 Å². The lowest BCUT2D eigenvalue weighted by atomic mass is 10.0. The molecule has 1 N–H and O–H groups in total. The van der Waals surface area contributed by atoms with E-state index in [0.717, 1.165) is 30.6 Å². The molecule has 0 bridgehead atoms. The van der Waals surface area contributed by atoms with Crippen LogP contribution in [0.1, 0.15) is 17.5 Å². The van der Waals surface area contributed by atoms with Crippen LogP contribution in [0.2, 0.25) is 0 Å². The van der Waals surface area contributed by atoms with Gasteiger partial charge in [0.05, 0.1) is 17.6 Å². The molecule has 0 fully saturated rings. The highest BCUT2D eigenvalue weighted by molar-refractivity contribution is 7.92. The minimum absolute atomic E-state index is 0.206. The third-order valence-corrected chi connectivity index (χ3v) is 6.04. The van der Waals surface area contributed by atoms with E-state index in [1.165, 1.54) is 5.56 Å². The van der Waals surface area contributed by atoms with Crippen LogP contribution in [0, 0.1) is 0 Å². The Morgan fingerprint density at radius 1 is 1.15 bits per heavy atom. The van der Waals surface area contributed by atoms with Gasteiger partial charge < -0.3 is 4.90 Å². The van der Waals surface area contributed by atoms with Crippen LogP contribution in [0.5, 0.6) is 0 Å². The van der Waals surface area contributed by atoms with Crippen LogP contribution >= 0.6 is 0 Å². The minimum Gasteiger partial charge on any atom is -0.374 e. The highest BCUT2D eigenvalue weighted by Gasteiger charge is 2.21. The molecular formula is C19H21N5O2S. The number of fused-ring (bicyclic) bond motifs is 1. The Morgan fingerprint density at radius 2 is 1.96 bits per heavy atom. The molecule has 0 saturated heterocycles. The maximum Gasteiger partial charge on any atom is 0.263 e. The number of rotatable bonds is 5. The van der Waals surface area contributed by atoms with Crippen molar-refractivity contribution in [3.05, 3.63) is 65.9 Å². The van der Waals surface area contributed by atoms with Gasteiger partial charge in [-0.3, -0.25) is 4.72 Å². The molecule has 2 heterocycles. The third kappa shape index (κ3) is 3.80.